The Morgan fingerprint density at radius 2 is 1.67 bits per heavy atom. The Hall–Kier alpha value is -0.950. The Morgan fingerprint density at radius 3 is 1.89 bits per heavy atom. The highest BCUT2D eigenvalue weighted by molar-refractivity contribution is 5.86. The molecule has 6 nitrogen and oxygen atoms in total. The van der Waals surface area contributed by atoms with Crippen LogP contribution in [0.3, 0.4) is 0 Å². The quantitative estimate of drug-likeness (QED) is 0.228. The van der Waals surface area contributed by atoms with E-state index in [1.807, 2.05) is 27.7 Å². The number of carbonyl (C=O) groups is 1. The maximum absolute atomic E-state index is 10.0. The molecule has 0 rings (SSSR count). The fraction of sp³-hybridized carbons (Fsp3) is 0.750. The molecule has 2 N–H and O–H groups in total. The van der Waals surface area contributed by atoms with Crippen LogP contribution in [0, 0.1) is 11.8 Å². The van der Waals surface area contributed by atoms with E-state index < -0.39 is 0 Å². The van der Waals surface area contributed by atoms with Crippen molar-refractivity contribution in [3.63, 3.8) is 0 Å². The summed E-state index contributed by atoms with van der Waals surface area (Å²) in [5.41, 5.74) is 0. The Morgan fingerprint density at radius 1 is 1.22 bits per heavy atom. The van der Waals surface area contributed by atoms with Crippen molar-refractivity contribution in [1.29, 1.82) is 0 Å². The van der Waals surface area contributed by atoms with Crippen LogP contribution in [0.1, 0.15) is 27.7 Å². The van der Waals surface area contributed by atoms with Gasteiger partial charge in [-0.1, -0.05) is 39.3 Å². The normalized spacial score (nSPS) is 9.94. The van der Waals surface area contributed by atoms with Crippen molar-refractivity contribution < 1.29 is 24.7 Å². The third kappa shape index (κ3) is 20.5. The van der Waals surface area contributed by atoms with Crippen LogP contribution in [-0.2, 0) is 19.6 Å². The molecule has 1 amide bonds. The number of aliphatic hydroxyl groups is 1. The van der Waals surface area contributed by atoms with Gasteiger partial charge >= 0.3 is 0 Å². The number of hydrogen-bond donors (Lipinski definition) is 2. The topological polar surface area (TPSA) is 77.0 Å². The molecule has 0 unspecified atom stereocenters. The summed E-state index contributed by atoms with van der Waals surface area (Å²) >= 11 is 0. The van der Waals surface area contributed by atoms with E-state index in [4.69, 9.17) is 14.9 Å². The second kappa shape index (κ2) is 14.1. The van der Waals surface area contributed by atoms with Crippen molar-refractivity contribution in [1.82, 2.24) is 5.32 Å². The Balaban J connectivity index is 0. The number of amides is 1. The molecule has 108 valence electrons. The van der Waals surface area contributed by atoms with Gasteiger partial charge in [0.1, 0.15) is 6.73 Å². The molecule has 0 saturated carbocycles. The molecule has 0 spiro atoms. The summed E-state index contributed by atoms with van der Waals surface area (Å²) in [5.74, 6) is 0.581. The van der Waals surface area contributed by atoms with Gasteiger partial charge in [-0.15, -0.1) is 0 Å². The Labute approximate surface area is 109 Å². The summed E-state index contributed by atoms with van der Waals surface area (Å²) in [6.07, 6.45) is 1.09. The SMILES string of the molecule is C=CC(=O)NCO.CC(C)COOOCC(C)C. The number of carbonyl (C=O) groups excluding carboxylic acids is 1. The van der Waals surface area contributed by atoms with Crippen molar-refractivity contribution in [2.24, 2.45) is 11.8 Å². The van der Waals surface area contributed by atoms with E-state index in [2.05, 4.69) is 16.9 Å². The van der Waals surface area contributed by atoms with Crippen LogP contribution in [0.2, 0.25) is 0 Å². The molecule has 0 aliphatic rings. The van der Waals surface area contributed by atoms with Crippen molar-refractivity contribution in [2.45, 2.75) is 27.7 Å². The average molecular weight is 263 g/mol. The van der Waals surface area contributed by atoms with Crippen LogP contribution in [0.15, 0.2) is 12.7 Å². The first-order chi connectivity index (χ1) is 8.43. The molecule has 0 radical (unpaired) electrons. The van der Waals surface area contributed by atoms with E-state index in [1.54, 1.807) is 0 Å². The lowest BCUT2D eigenvalue weighted by Gasteiger charge is -2.06. The van der Waals surface area contributed by atoms with Crippen LogP contribution in [0.25, 0.3) is 0 Å². The molecule has 0 bridgehead atoms. The van der Waals surface area contributed by atoms with Gasteiger partial charge in [-0.3, -0.25) is 4.79 Å². The van der Waals surface area contributed by atoms with Gasteiger partial charge in [0.15, 0.2) is 0 Å². The van der Waals surface area contributed by atoms with Gasteiger partial charge in [-0.05, 0) is 17.9 Å². The number of nitrogens with one attached hydrogen (secondary N) is 1. The van der Waals surface area contributed by atoms with Crippen LogP contribution < -0.4 is 5.32 Å². The Kier molecular flexibility index (Phi) is 15.2. The van der Waals surface area contributed by atoms with Gasteiger partial charge in [-0.2, -0.15) is 0 Å². The first-order valence-electron chi connectivity index (χ1n) is 5.86. The third-order valence-electron chi connectivity index (χ3n) is 1.34. The summed E-state index contributed by atoms with van der Waals surface area (Å²) in [6.45, 7) is 12.2. The summed E-state index contributed by atoms with van der Waals surface area (Å²) in [4.78, 5) is 19.5. The molecule has 0 aromatic carbocycles. The monoisotopic (exact) mass is 263 g/mol. The zero-order valence-electron chi connectivity index (χ0n) is 11.6. The van der Waals surface area contributed by atoms with Crippen molar-refractivity contribution in [2.75, 3.05) is 19.9 Å². The Bertz CT molecular complexity index is 197. The minimum Gasteiger partial charge on any atom is -0.376 e. The predicted molar refractivity (Wildman–Crippen MR) is 68.1 cm³/mol. The second-order valence-corrected chi connectivity index (χ2v) is 4.33. The second-order valence-electron chi connectivity index (χ2n) is 4.33. The van der Waals surface area contributed by atoms with Crippen LogP contribution in [-0.4, -0.2) is 31.0 Å². The summed E-state index contributed by atoms with van der Waals surface area (Å²) in [7, 11) is 0. The zero-order chi connectivity index (χ0) is 14.4. The fourth-order valence-electron chi connectivity index (χ4n) is 0.512. The van der Waals surface area contributed by atoms with Crippen LogP contribution in [0.4, 0.5) is 0 Å². The maximum Gasteiger partial charge on any atom is 0.245 e. The molecule has 0 fully saturated rings. The molecule has 0 aromatic heterocycles. The molecular formula is C12H25NO5. The number of rotatable bonds is 8. The minimum atomic E-state index is -0.359. The van der Waals surface area contributed by atoms with Crippen LogP contribution >= 0.6 is 0 Å². The largest absolute Gasteiger partial charge is 0.376 e. The van der Waals surface area contributed by atoms with Gasteiger partial charge in [0.25, 0.3) is 0 Å². The average Bonchev–Trinajstić information content (AvgIpc) is 2.29. The van der Waals surface area contributed by atoms with Gasteiger partial charge in [0.05, 0.1) is 13.2 Å². The minimum absolute atomic E-state index is 0.329. The summed E-state index contributed by atoms with van der Waals surface area (Å²) in [6, 6.07) is 0. The molecule has 0 aliphatic heterocycles. The molecule has 0 aromatic rings. The summed E-state index contributed by atoms with van der Waals surface area (Å²) in [5, 5.41) is 14.5. The highest BCUT2D eigenvalue weighted by Crippen LogP contribution is 1.96. The van der Waals surface area contributed by atoms with Crippen molar-refractivity contribution >= 4 is 5.91 Å². The van der Waals surface area contributed by atoms with Crippen molar-refractivity contribution in [3.05, 3.63) is 12.7 Å². The van der Waals surface area contributed by atoms with Gasteiger partial charge in [0, 0.05) is 0 Å². The highest BCUT2D eigenvalue weighted by atomic mass is 17.5. The smallest absolute Gasteiger partial charge is 0.245 e. The zero-order valence-corrected chi connectivity index (χ0v) is 11.6. The summed E-state index contributed by atoms with van der Waals surface area (Å²) < 4.78 is 0. The lowest BCUT2D eigenvalue weighted by atomic mass is 10.2. The first kappa shape index (κ1) is 19.4. The first-order valence-corrected chi connectivity index (χ1v) is 5.86. The molecule has 6 heteroatoms. The number of aliphatic hydroxyl groups excluding tert-OH is 1. The van der Waals surface area contributed by atoms with E-state index in [9.17, 15) is 4.79 Å². The van der Waals surface area contributed by atoms with E-state index in [0.29, 0.717) is 25.0 Å². The van der Waals surface area contributed by atoms with E-state index in [1.165, 1.54) is 0 Å². The maximum atomic E-state index is 10.0. The van der Waals surface area contributed by atoms with E-state index in [-0.39, 0.29) is 12.6 Å². The molecule has 0 heterocycles. The fourth-order valence-corrected chi connectivity index (χ4v) is 0.512. The van der Waals surface area contributed by atoms with Crippen molar-refractivity contribution in [3.8, 4) is 0 Å². The van der Waals surface area contributed by atoms with Gasteiger partial charge < -0.3 is 10.4 Å². The molecular weight excluding hydrogens is 238 g/mol. The number of hydrogen-bond acceptors (Lipinski definition) is 5. The lowest BCUT2D eigenvalue weighted by molar-refractivity contribution is -0.516. The van der Waals surface area contributed by atoms with Gasteiger partial charge in [0.2, 0.25) is 5.91 Å². The highest BCUT2D eigenvalue weighted by Gasteiger charge is 1.96. The van der Waals surface area contributed by atoms with E-state index >= 15 is 0 Å². The molecule has 0 aliphatic carbocycles. The molecule has 0 saturated heterocycles. The standard InChI is InChI=1S/C8H18O3.C4H7NO2/c1-7(2)5-9-11-10-6-8(3)4;1-2-4(7)5-3-6/h7-8H,5-6H2,1-4H3;2,6H,1,3H2,(H,5,7). The molecule has 0 atom stereocenters. The van der Waals surface area contributed by atoms with Gasteiger partial charge in [-0.25, -0.2) is 9.78 Å². The molecule has 18 heavy (non-hydrogen) atoms. The van der Waals surface area contributed by atoms with E-state index in [0.717, 1.165) is 6.08 Å². The predicted octanol–water partition coefficient (Wildman–Crippen LogP) is 1.42. The lowest BCUT2D eigenvalue weighted by Crippen LogP contribution is -2.20. The van der Waals surface area contributed by atoms with Crippen LogP contribution in [0.5, 0.6) is 0 Å². The third-order valence-corrected chi connectivity index (χ3v) is 1.34.